The Morgan fingerprint density at radius 3 is 2.62 bits per heavy atom. The number of halogens is 1. The van der Waals surface area contributed by atoms with E-state index in [4.69, 9.17) is 0 Å². The topological polar surface area (TPSA) is 54.2 Å². The van der Waals surface area contributed by atoms with Gasteiger partial charge in [-0.05, 0) is 12.0 Å². The molecule has 24 heavy (non-hydrogen) atoms. The predicted octanol–water partition coefficient (Wildman–Crippen LogP) is 3.40. The molecular weight excluding hydrogens is 413 g/mol. The molecule has 1 aromatic heterocycles. The van der Waals surface area contributed by atoms with E-state index in [-0.39, 0.29) is 24.0 Å². The van der Waals surface area contributed by atoms with Gasteiger partial charge in [0.25, 0.3) is 0 Å². The molecule has 0 saturated carbocycles. The summed E-state index contributed by atoms with van der Waals surface area (Å²) >= 11 is 0. The van der Waals surface area contributed by atoms with Crippen molar-refractivity contribution in [2.75, 3.05) is 13.6 Å². The van der Waals surface area contributed by atoms with Gasteiger partial charge in [0.1, 0.15) is 0 Å². The van der Waals surface area contributed by atoms with Crippen LogP contribution in [0.1, 0.15) is 37.3 Å². The smallest absolute Gasteiger partial charge is 0.191 e. The first-order valence-electron chi connectivity index (χ1n) is 8.31. The Hall–Kier alpha value is -1.57. The van der Waals surface area contributed by atoms with Crippen LogP contribution in [0.5, 0.6) is 0 Å². The Kier molecular flexibility index (Phi) is 10.1. The molecular formula is C18H28IN5. The lowest BCUT2D eigenvalue weighted by Gasteiger charge is -2.10. The molecule has 0 unspecified atom stereocenters. The van der Waals surface area contributed by atoms with Gasteiger partial charge in [-0.3, -0.25) is 9.67 Å². The Balaban J connectivity index is 0.00000288. The fourth-order valence-corrected chi connectivity index (χ4v) is 2.34. The molecule has 0 radical (unpaired) electrons. The van der Waals surface area contributed by atoms with Gasteiger partial charge in [0.2, 0.25) is 0 Å². The van der Waals surface area contributed by atoms with Crippen molar-refractivity contribution in [1.29, 1.82) is 0 Å². The van der Waals surface area contributed by atoms with Gasteiger partial charge in [-0.15, -0.1) is 24.0 Å². The Morgan fingerprint density at radius 2 is 1.92 bits per heavy atom. The number of aliphatic imine (C=N–C) groups is 1. The highest BCUT2D eigenvalue weighted by Crippen LogP contribution is 2.03. The summed E-state index contributed by atoms with van der Waals surface area (Å²) in [5.41, 5.74) is 2.40. The van der Waals surface area contributed by atoms with Gasteiger partial charge in [-0.1, -0.05) is 50.1 Å². The molecule has 0 aliphatic rings. The maximum absolute atomic E-state index is 4.42. The van der Waals surface area contributed by atoms with Gasteiger partial charge in [-0.2, -0.15) is 5.10 Å². The highest BCUT2D eigenvalue weighted by molar-refractivity contribution is 14.0. The molecule has 0 spiro atoms. The van der Waals surface area contributed by atoms with E-state index >= 15 is 0 Å². The number of hydrogen-bond donors (Lipinski definition) is 2. The number of hydrogen-bond acceptors (Lipinski definition) is 2. The van der Waals surface area contributed by atoms with Crippen LogP contribution < -0.4 is 10.6 Å². The summed E-state index contributed by atoms with van der Waals surface area (Å²) in [7, 11) is 1.80. The van der Waals surface area contributed by atoms with Crippen molar-refractivity contribution in [3.05, 3.63) is 53.9 Å². The number of nitrogens with zero attached hydrogens (tertiary/aromatic N) is 3. The van der Waals surface area contributed by atoms with Crippen LogP contribution >= 0.6 is 24.0 Å². The number of guanidine groups is 1. The lowest BCUT2D eigenvalue weighted by atomic mass is 10.2. The molecule has 0 atom stereocenters. The third kappa shape index (κ3) is 7.33. The molecule has 2 rings (SSSR count). The zero-order chi connectivity index (χ0) is 16.3. The van der Waals surface area contributed by atoms with Crippen molar-refractivity contribution >= 4 is 29.9 Å². The molecule has 5 nitrogen and oxygen atoms in total. The van der Waals surface area contributed by atoms with Crippen LogP contribution in [0.4, 0.5) is 0 Å². The molecule has 2 N–H and O–H groups in total. The SMILES string of the molecule is CCCCCNC(=NC)NCc1cnn(Cc2ccccc2)c1.I. The van der Waals surface area contributed by atoms with Crippen molar-refractivity contribution in [3.63, 3.8) is 0 Å². The van der Waals surface area contributed by atoms with E-state index in [1.807, 2.05) is 16.9 Å². The Bertz CT molecular complexity index is 594. The van der Waals surface area contributed by atoms with Crippen LogP contribution in [0.15, 0.2) is 47.7 Å². The molecule has 0 saturated heterocycles. The second-order valence-electron chi connectivity index (χ2n) is 5.59. The van der Waals surface area contributed by atoms with Gasteiger partial charge < -0.3 is 10.6 Å². The molecule has 132 valence electrons. The highest BCUT2D eigenvalue weighted by atomic mass is 127. The summed E-state index contributed by atoms with van der Waals surface area (Å²) in [6, 6.07) is 10.4. The van der Waals surface area contributed by atoms with Gasteiger partial charge in [0.05, 0.1) is 12.7 Å². The summed E-state index contributed by atoms with van der Waals surface area (Å²) in [4.78, 5) is 4.24. The fourth-order valence-electron chi connectivity index (χ4n) is 2.34. The van der Waals surface area contributed by atoms with Crippen LogP contribution in [0.25, 0.3) is 0 Å². The molecule has 0 aliphatic carbocycles. The van der Waals surface area contributed by atoms with E-state index in [0.29, 0.717) is 0 Å². The van der Waals surface area contributed by atoms with Crippen LogP contribution in [-0.2, 0) is 13.1 Å². The minimum atomic E-state index is 0. The van der Waals surface area contributed by atoms with Gasteiger partial charge in [-0.25, -0.2) is 0 Å². The monoisotopic (exact) mass is 441 g/mol. The number of rotatable bonds is 8. The molecule has 0 aliphatic heterocycles. The third-order valence-electron chi connectivity index (χ3n) is 3.63. The summed E-state index contributed by atoms with van der Waals surface area (Å²) in [5, 5.41) is 11.1. The van der Waals surface area contributed by atoms with Crippen LogP contribution in [0.3, 0.4) is 0 Å². The molecule has 0 bridgehead atoms. The first-order chi connectivity index (χ1) is 11.3. The zero-order valence-corrected chi connectivity index (χ0v) is 16.9. The second-order valence-corrected chi connectivity index (χ2v) is 5.59. The average Bonchev–Trinajstić information content (AvgIpc) is 3.02. The molecule has 0 amide bonds. The quantitative estimate of drug-likeness (QED) is 0.286. The molecule has 1 heterocycles. The average molecular weight is 441 g/mol. The van der Waals surface area contributed by atoms with E-state index < -0.39 is 0 Å². The van der Waals surface area contributed by atoms with Gasteiger partial charge in [0.15, 0.2) is 5.96 Å². The first kappa shape index (κ1) is 20.5. The predicted molar refractivity (Wildman–Crippen MR) is 111 cm³/mol. The third-order valence-corrected chi connectivity index (χ3v) is 3.63. The fraction of sp³-hybridized carbons (Fsp3) is 0.444. The maximum Gasteiger partial charge on any atom is 0.191 e. The number of nitrogens with one attached hydrogen (secondary N) is 2. The lowest BCUT2D eigenvalue weighted by Crippen LogP contribution is -2.37. The van der Waals surface area contributed by atoms with E-state index in [2.05, 4.69) is 58.1 Å². The van der Waals surface area contributed by atoms with Crippen LogP contribution in [0.2, 0.25) is 0 Å². The van der Waals surface area contributed by atoms with E-state index in [9.17, 15) is 0 Å². The normalized spacial score (nSPS) is 11.0. The minimum Gasteiger partial charge on any atom is -0.356 e. The Morgan fingerprint density at radius 1 is 1.12 bits per heavy atom. The van der Waals surface area contributed by atoms with E-state index in [1.165, 1.54) is 24.8 Å². The molecule has 1 aromatic carbocycles. The van der Waals surface area contributed by atoms with Gasteiger partial charge >= 0.3 is 0 Å². The summed E-state index contributed by atoms with van der Waals surface area (Å²) in [6.07, 6.45) is 7.63. The van der Waals surface area contributed by atoms with Gasteiger partial charge in [0, 0.05) is 31.9 Å². The summed E-state index contributed by atoms with van der Waals surface area (Å²) < 4.78 is 1.96. The molecule has 0 fully saturated rings. The second kappa shape index (κ2) is 11.9. The number of unbranched alkanes of at least 4 members (excludes halogenated alkanes) is 2. The molecule has 6 heteroatoms. The van der Waals surface area contributed by atoms with Crippen molar-refractivity contribution < 1.29 is 0 Å². The summed E-state index contributed by atoms with van der Waals surface area (Å²) in [5.74, 6) is 0.844. The highest BCUT2D eigenvalue weighted by Gasteiger charge is 2.02. The van der Waals surface area contributed by atoms with Crippen molar-refractivity contribution in [3.8, 4) is 0 Å². The lowest BCUT2D eigenvalue weighted by molar-refractivity contribution is 0.680. The standard InChI is InChI=1S/C18H27N5.HI/c1-3-4-8-11-20-18(19-2)21-12-17-13-22-23(15-17)14-16-9-6-5-7-10-16;/h5-7,9-10,13,15H,3-4,8,11-12,14H2,1-2H3,(H2,19,20,21);1H. The zero-order valence-electron chi connectivity index (χ0n) is 14.5. The number of aromatic nitrogens is 2. The van der Waals surface area contributed by atoms with Crippen molar-refractivity contribution in [1.82, 2.24) is 20.4 Å². The largest absolute Gasteiger partial charge is 0.356 e. The van der Waals surface area contributed by atoms with Crippen molar-refractivity contribution in [2.24, 2.45) is 4.99 Å². The summed E-state index contributed by atoms with van der Waals surface area (Å²) in [6.45, 7) is 4.69. The number of benzene rings is 1. The van der Waals surface area contributed by atoms with Crippen molar-refractivity contribution in [2.45, 2.75) is 39.3 Å². The van der Waals surface area contributed by atoms with Crippen LogP contribution in [0, 0.1) is 0 Å². The van der Waals surface area contributed by atoms with E-state index in [1.54, 1.807) is 7.05 Å². The van der Waals surface area contributed by atoms with E-state index in [0.717, 1.165) is 31.2 Å². The minimum absolute atomic E-state index is 0. The van der Waals surface area contributed by atoms with Crippen LogP contribution in [-0.4, -0.2) is 29.3 Å². The molecule has 2 aromatic rings. The first-order valence-corrected chi connectivity index (χ1v) is 8.31. The maximum atomic E-state index is 4.42. The Labute approximate surface area is 162 Å².